The third kappa shape index (κ3) is 4.82. The second-order valence-corrected chi connectivity index (χ2v) is 7.17. The van der Waals surface area contributed by atoms with Gasteiger partial charge in [0.1, 0.15) is 11.6 Å². The van der Waals surface area contributed by atoms with Crippen LogP contribution in [-0.2, 0) is 11.3 Å². The zero-order valence-electron chi connectivity index (χ0n) is 15.2. The topological polar surface area (TPSA) is 68.5 Å². The molecule has 146 valence electrons. The average Bonchev–Trinajstić information content (AvgIpc) is 3.18. The van der Waals surface area contributed by atoms with E-state index in [2.05, 4.69) is 10.2 Å². The molecule has 2 aromatic carbocycles. The molecule has 3 aromatic rings. The molecule has 0 radical (unpaired) electrons. The Morgan fingerprint density at radius 3 is 2.68 bits per heavy atom. The summed E-state index contributed by atoms with van der Waals surface area (Å²) in [6.07, 6.45) is 0. The monoisotopic (exact) mass is 421 g/mol. The van der Waals surface area contributed by atoms with Crippen molar-refractivity contribution < 1.29 is 18.3 Å². The van der Waals surface area contributed by atoms with E-state index in [0.29, 0.717) is 5.89 Å². The van der Waals surface area contributed by atoms with E-state index in [1.54, 1.807) is 44.5 Å². The van der Waals surface area contributed by atoms with Crippen LogP contribution >= 0.6 is 23.4 Å². The lowest BCUT2D eigenvalue weighted by atomic mass is 10.2. The number of ether oxygens (including phenoxy) is 1. The zero-order valence-corrected chi connectivity index (χ0v) is 16.8. The van der Waals surface area contributed by atoms with Crippen molar-refractivity contribution in [3.8, 4) is 17.2 Å². The first-order valence-electron chi connectivity index (χ1n) is 8.25. The maximum Gasteiger partial charge on any atom is 0.277 e. The highest BCUT2D eigenvalue weighted by Crippen LogP contribution is 2.25. The Morgan fingerprint density at radius 2 is 2.00 bits per heavy atom. The van der Waals surface area contributed by atoms with Crippen LogP contribution in [0.4, 0.5) is 4.39 Å². The molecule has 0 atom stereocenters. The zero-order chi connectivity index (χ0) is 20.1. The molecule has 9 heteroatoms. The van der Waals surface area contributed by atoms with Crippen molar-refractivity contribution in [2.24, 2.45) is 0 Å². The molecule has 28 heavy (non-hydrogen) atoms. The van der Waals surface area contributed by atoms with E-state index in [-0.39, 0.29) is 34.0 Å². The number of benzene rings is 2. The molecule has 0 saturated carbocycles. The van der Waals surface area contributed by atoms with Gasteiger partial charge in [-0.05, 0) is 36.4 Å². The molecule has 1 heterocycles. The van der Waals surface area contributed by atoms with E-state index >= 15 is 0 Å². The van der Waals surface area contributed by atoms with Crippen molar-refractivity contribution in [3.63, 3.8) is 0 Å². The summed E-state index contributed by atoms with van der Waals surface area (Å²) >= 11 is 7.12. The Hall–Kier alpha value is -2.58. The summed E-state index contributed by atoms with van der Waals surface area (Å²) in [5.74, 6) is 0.493. The van der Waals surface area contributed by atoms with E-state index < -0.39 is 5.82 Å². The minimum absolute atomic E-state index is 0.0752. The molecular formula is C19H17ClFN3O3S. The first kappa shape index (κ1) is 20.2. The Bertz CT molecular complexity index is 945. The first-order chi connectivity index (χ1) is 13.5. The molecule has 1 amide bonds. The van der Waals surface area contributed by atoms with E-state index in [9.17, 15) is 9.18 Å². The van der Waals surface area contributed by atoms with Crippen LogP contribution in [-0.4, -0.2) is 40.9 Å². The Morgan fingerprint density at radius 1 is 1.25 bits per heavy atom. The van der Waals surface area contributed by atoms with Crippen LogP contribution in [0.1, 0.15) is 5.56 Å². The normalized spacial score (nSPS) is 10.7. The average molecular weight is 422 g/mol. The second kappa shape index (κ2) is 9.07. The smallest absolute Gasteiger partial charge is 0.277 e. The standard InChI is InChI=1S/C19H17ClFN3O3S/c1-24(10-14-15(20)4-3-5-16(14)21)17(25)11-28-19-23-22-18(27-19)12-6-8-13(26-2)9-7-12/h3-9H,10-11H2,1-2H3. The minimum Gasteiger partial charge on any atom is -0.497 e. The maximum absolute atomic E-state index is 13.9. The molecule has 0 saturated heterocycles. The van der Waals surface area contributed by atoms with Gasteiger partial charge >= 0.3 is 0 Å². The summed E-state index contributed by atoms with van der Waals surface area (Å²) in [5.41, 5.74) is 1.03. The molecule has 0 bridgehead atoms. The van der Waals surface area contributed by atoms with Crippen LogP contribution in [0.3, 0.4) is 0 Å². The van der Waals surface area contributed by atoms with Crippen LogP contribution < -0.4 is 4.74 Å². The third-order valence-electron chi connectivity index (χ3n) is 3.95. The second-order valence-electron chi connectivity index (χ2n) is 5.84. The maximum atomic E-state index is 13.9. The van der Waals surface area contributed by atoms with E-state index in [4.69, 9.17) is 20.8 Å². The quantitative estimate of drug-likeness (QED) is 0.530. The van der Waals surface area contributed by atoms with Gasteiger partial charge in [-0.2, -0.15) is 0 Å². The lowest BCUT2D eigenvalue weighted by Crippen LogP contribution is -2.28. The van der Waals surface area contributed by atoms with Crippen LogP contribution in [0, 0.1) is 5.82 Å². The Kier molecular flexibility index (Phi) is 6.53. The van der Waals surface area contributed by atoms with Crippen molar-refractivity contribution >= 4 is 29.3 Å². The highest BCUT2D eigenvalue weighted by molar-refractivity contribution is 7.99. The lowest BCUT2D eigenvalue weighted by molar-refractivity contribution is -0.127. The largest absolute Gasteiger partial charge is 0.497 e. The van der Waals surface area contributed by atoms with Crippen LogP contribution in [0.2, 0.25) is 5.02 Å². The summed E-state index contributed by atoms with van der Waals surface area (Å²) in [4.78, 5) is 13.7. The van der Waals surface area contributed by atoms with E-state index in [0.717, 1.165) is 23.1 Å². The van der Waals surface area contributed by atoms with Gasteiger partial charge in [0.25, 0.3) is 5.22 Å². The molecule has 0 N–H and O–H groups in total. The predicted molar refractivity (Wildman–Crippen MR) is 105 cm³/mol. The molecule has 0 unspecified atom stereocenters. The fourth-order valence-electron chi connectivity index (χ4n) is 2.36. The van der Waals surface area contributed by atoms with Gasteiger partial charge in [0.15, 0.2) is 0 Å². The van der Waals surface area contributed by atoms with Crippen molar-refractivity contribution in [1.29, 1.82) is 0 Å². The van der Waals surface area contributed by atoms with Gasteiger partial charge in [0.2, 0.25) is 11.8 Å². The van der Waals surface area contributed by atoms with Gasteiger partial charge in [0, 0.05) is 29.7 Å². The van der Waals surface area contributed by atoms with Crippen LogP contribution in [0.5, 0.6) is 5.75 Å². The number of rotatable bonds is 7. The molecule has 6 nitrogen and oxygen atoms in total. The number of nitrogens with zero attached hydrogens (tertiary/aromatic N) is 3. The number of hydrogen-bond acceptors (Lipinski definition) is 6. The number of hydrogen-bond donors (Lipinski definition) is 0. The summed E-state index contributed by atoms with van der Waals surface area (Å²) in [7, 11) is 3.17. The SMILES string of the molecule is COc1ccc(-c2nnc(SCC(=O)N(C)Cc3c(F)cccc3Cl)o2)cc1. The van der Waals surface area contributed by atoms with Gasteiger partial charge in [-0.15, -0.1) is 10.2 Å². The summed E-state index contributed by atoms with van der Waals surface area (Å²) in [6.45, 7) is 0.0752. The number of amides is 1. The van der Waals surface area contributed by atoms with E-state index in [1.165, 1.54) is 17.0 Å². The van der Waals surface area contributed by atoms with Crippen molar-refractivity contribution in [2.45, 2.75) is 11.8 Å². The van der Waals surface area contributed by atoms with Gasteiger partial charge in [-0.1, -0.05) is 29.4 Å². The molecule has 3 rings (SSSR count). The Balaban J connectivity index is 1.58. The number of thioether (sulfide) groups is 1. The third-order valence-corrected chi connectivity index (χ3v) is 5.10. The van der Waals surface area contributed by atoms with Gasteiger partial charge in [-0.3, -0.25) is 4.79 Å². The molecule has 0 aliphatic heterocycles. The number of halogens is 2. The van der Waals surface area contributed by atoms with Crippen molar-refractivity contribution in [3.05, 3.63) is 58.9 Å². The number of carbonyl (C=O) groups is 1. The number of carbonyl (C=O) groups excluding carboxylic acids is 1. The first-order valence-corrected chi connectivity index (χ1v) is 9.62. The molecule has 0 spiro atoms. The number of methoxy groups -OCH3 is 1. The van der Waals surface area contributed by atoms with Crippen molar-refractivity contribution in [1.82, 2.24) is 15.1 Å². The van der Waals surface area contributed by atoms with Crippen molar-refractivity contribution in [2.75, 3.05) is 19.9 Å². The molecule has 1 aromatic heterocycles. The van der Waals surface area contributed by atoms with Gasteiger partial charge in [-0.25, -0.2) is 4.39 Å². The molecule has 0 aliphatic rings. The molecular weight excluding hydrogens is 405 g/mol. The predicted octanol–water partition coefficient (Wildman–Crippen LogP) is 4.29. The molecule has 0 aliphatic carbocycles. The summed E-state index contributed by atoms with van der Waals surface area (Å²) in [6, 6.07) is 11.6. The minimum atomic E-state index is -0.444. The van der Waals surface area contributed by atoms with Gasteiger partial charge < -0.3 is 14.1 Å². The number of aromatic nitrogens is 2. The van der Waals surface area contributed by atoms with Crippen LogP contribution in [0.25, 0.3) is 11.5 Å². The highest BCUT2D eigenvalue weighted by Gasteiger charge is 2.16. The highest BCUT2D eigenvalue weighted by atomic mass is 35.5. The summed E-state index contributed by atoms with van der Waals surface area (Å²) in [5, 5.41) is 8.49. The van der Waals surface area contributed by atoms with E-state index in [1.807, 2.05) is 0 Å². The van der Waals surface area contributed by atoms with Gasteiger partial charge in [0.05, 0.1) is 12.9 Å². The summed E-state index contributed by atoms with van der Waals surface area (Å²) < 4.78 is 24.6. The fraction of sp³-hybridized carbons (Fsp3) is 0.211. The lowest BCUT2D eigenvalue weighted by Gasteiger charge is -2.17. The fourth-order valence-corrected chi connectivity index (χ4v) is 3.29. The Labute approximate surface area is 170 Å². The molecule has 0 fully saturated rings. The van der Waals surface area contributed by atoms with Crippen LogP contribution in [0.15, 0.2) is 52.1 Å².